The monoisotopic (exact) mass is 1210 g/mol. The van der Waals surface area contributed by atoms with E-state index in [0.717, 1.165) is 96.3 Å². The van der Waals surface area contributed by atoms with E-state index in [2.05, 4.69) is 99.0 Å². The molecule has 1 rings (SSSR count). The van der Waals surface area contributed by atoms with Crippen LogP contribution >= 0.6 is 0 Å². The van der Waals surface area contributed by atoms with E-state index in [-0.39, 0.29) is 19.4 Å². The first-order chi connectivity index (χ1) is 42.2. The third kappa shape index (κ3) is 48.7. The van der Waals surface area contributed by atoms with Gasteiger partial charge in [0.05, 0.1) is 25.4 Å². The van der Waals surface area contributed by atoms with Gasteiger partial charge in [-0.3, -0.25) is 9.59 Å². The van der Waals surface area contributed by atoms with E-state index in [4.69, 9.17) is 14.2 Å². The van der Waals surface area contributed by atoms with Crippen molar-refractivity contribution in [2.24, 2.45) is 0 Å². The van der Waals surface area contributed by atoms with Crippen LogP contribution in [0.25, 0.3) is 0 Å². The Morgan fingerprint density at radius 3 is 1.27 bits per heavy atom. The van der Waals surface area contributed by atoms with Crippen LogP contribution in [0, 0.1) is 0 Å². The molecule has 0 aromatic carbocycles. The van der Waals surface area contributed by atoms with E-state index < -0.39 is 67.4 Å². The summed E-state index contributed by atoms with van der Waals surface area (Å²) < 4.78 is 17.7. The molecule has 6 N–H and O–H groups in total. The van der Waals surface area contributed by atoms with Gasteiger partial charge in [-0.25, -0.2) is 0 Å². The smallest absolute Gasteiger partial charge is 0.306 e. The fraction of sp³-hybridized carbons (Fsp3) is 0.787. The number of carbonyl (C=O) groups excluding carboxylic acids is 2. The van der Waals surface area contributed by atoms with Crippen LogP contribution < -0.4 is 5.32 Å². The van der Waals surface area contributed by atoms with Gasteiger partial charge in [-0.05, 0) is 96.3 Å². The Morgan fingerprint density at radius 2 is 0.837 bits per heavy atom. The van der Waals surface area contributed by atoms with Crippen LogP contribution in [0.15, 0.2) is 85.1 Å². The van der Waals surface area contributed by atoms with Gasteiger partial charge in [0.2, 0.25) is 5.91 Å². The van der Waals surface area contributed by atoms with Crippen molar-refractivity contribution < 1.29 is 49.3 Å². The number of unbranched alkanes of at least 4 members (excludes halogenated alkanes) is 35. The lowest BCUT2D eigenvalue weighted by atomic mass is 9.99. The molecule has 1 amide bonds. The molecule has 0 bridgehead atoms. The fourth-order valence-corrected chi connectivity index (χ4v) is 10.9. The SMILES string of the molecule is CC/C=C\C/C=C\C/C=C\C/C=C\C/C=C\CCCCCCCCCCC(O)C(=O)NC(COC1OC(CO)C(O)C(O)C1OC(=O)CCCCCCCCCCCCC/C=C/CCCCCCCC)C(O)/C=C/CCCCCCCCCCCC. The number of rotatable bonds is 61. The largest absolute Gasteiger partial charge is 0.454 e. The van der Waals surface area contributed by atoms with Gasteiger partial charge in [0.25, 0.3) is 0 Å². The summed E-state index contributed by atoms with van der Waals surface area (Å²) in [5.74, 6) is -1.20. The molecule has 11 nitrogen and oxygen atoms in total. The molecular weight excluding hydrogens is 1070 g/mol. The van der Waals surface area contributed by atoms with E-state index in [9.17, 15) is 35.1 Å². The van der Waals surface area contributed by atoms with Crippen molar-refractivity contribution >= 4 is 11.9 Å². The quantitative estimate of drug-likeness (QED) is 0.0195. The molecule has 1 fully saturated rings. The number of amides is 1. The summed E-state index contributed by atoms with van der Waals surface area (Å²) in [6, 6.07) is -1.03. The molecule has 498 valence electrons. The van der Waals surface area contributed by atoms with Gasteiger partial charge in [-0.2, -0.15) is 0 Å². The highest BCUT2D eigenvalue weighted by molar-refractivity contribution is 5.80. The molecule has 8 unspecified atom stereocenters. The average molecular weight is 1210 g/mol. The van der Waals surface area contributed by atoms with Gasteiger partial charge in [-0.1, -0.05) is 298 Å². The van der Waals surface area contributed by atoms with Crippen molar-refractivity contribution in [3.63, 3.8) is 0 Å². The van der Waals surface area contributed by atoms with Crippen LogP contribution in [-0.4, -0.2) is 99.6 Å². The highest BCUT2D eigenvalue weighted by Gasteiger charge is 2.47. The first-order valence-corrected chi connectivity index (χ1v) is 35.9. The standard InChI is InChI=1S/C75H133NO10/c1-4-7-10-13-16-19-22-25-27-29-31-33-34-35-37-38-40-42-44-47-50-53-56-59-62-68(79)74(83)76-66(67(78)61-58-55-52-49-46-24-21-18-15-12-9-6-3)65-84-75-73(72(82)71(81)69(64-77)85-75)86-70(80)63-60-57-54-51-48-45-43-41-39-36-32-30-28-26-23-20-17-14-11-8-5-2/h7,10,16,19,25-28,31,33,35,37,58,61,66-69,71-73,75,77-79,81-82H,4-6,8-9,11-15,17-18,20-24,29-30,32,34,36,38-57,59-60,62-65H2,1-3H3,(H,76,83)/b10-7-,19-16-,27-25-,28-26+,33-31-,37-35-,61-58+. The molecule has 0 aromatic heterocycles. The first kappa shape index (κ1) is 80.9. The highest BCUT2D eigenvalue weighted by atomic mass is 16.7. The normalized spacial score (nSPS) is 18.8. The van der Waals surface area contributed by atoms with Gasteiger partial charge in [-0.15, -0.1) is 0 Å². The van der Waals surface area contributed by atoms with Crippen molar-refractivity contribution in [2.45, 2.75) is 365 Å². The second kappa shape index (κ2) is 62.1. The summed E-state index contributed by atoms with van der Waals surface area (Å²) in [4.78, 5) is 26.7. The van der Waals surface area contributed by atoms with Crippen molar-refractivity contribution in [3.8, 4) is 0 Å². The first-order valence-electron chi connectivity index (χ1n) is 35.9. The van der Waals surface area contributed by atoms with Crippen molar-refractivity contribution in [1.82, 2.24) is 5.32 Å². The van der Waals surface area contributed by atoms with Crippen LogP contribution in [-0.2, 0) is 23.8 Å². The van der Waals surface area contributed by atoms with Crippen molar-refractivity contribution in [2.75, 3.05) is 13.2 Å². The second-order valence-corrected chi connectivity index (χ2v) is 24.6. The molecule has 1 aliphatic rings. The zero-order chi connectivity index (χ0) is 62.4. The number of hydrogen-bond donors (Lipinski definition) is 6. The van der Waals surface area contributed by atoms with E-state index in [0.29, 0.717) is 12.8 Å². The molecule has 86 heavy (non-hydrogen) atoms. The molecule has 8 atom stereocenters. The van der Waals surface area contributed by atoms with E-state index in [1.807, 2.05) is 6.08 Å². The third-order valence-electron chi connectivity index (χ3n) is 16.5. The predicted molar refractivity (Wildman–Crippen MR) is 361 cm³/mol. The van der Waals surface area contributed by atoms with Crippen LogP contribution in [0.3, 0.4) is 0 Å². The Labute approximate surface area is 527 Å². The molecule has 0 radical (unpaired) electrons. The predicted octanol–water partition coefficient (Wildman–Crippen LogP) is 18.5. The number of aliphatic hydroxyl groups excluding tert-OH is 5. The number of aliphatic hydroxyl groups is 5. The minimum absolute atomic E-state index is 0.121. The van der Waals surface area contributed by atoms with Gasteiger partial charge in [0.1, 0.15) is 24.4 Å². The number of ether oxygens (including phenoxy) is 3. The molecule has 0 aromatic rings. The minimum Gasteiger partial charge on any atom is -0.454 e. The summed E-state index contributed by atoms with van der Waals surface area (Å²) in [6.45, 7) is 5.70. The summed E-state index contributed by atoms with van der Waals surface area (Å²) >= 11 is 0. The second-order valence-electron chi connectivity index (χ2n) is 24.6. The molecule has 0 saturated carbocycles. The van der Waals surface area contributed by atoms with Crippen molar-refractivity contribution in [1.29, 1.82) is 0 Å². The van der Waals surface area contributed by atoms with Crippen LogP contribution in [0.4, 0.5) is 0 Å². The Bertz CT molecular complexity index is 1720. The summed E-state index contributed by atoms with van der Waals surface area (Å²) in [7, 11) is 0. The van der Waals surface area contributed by atoms with E-state index in [1.165, 1.54) is 173 Å². The summed E-state index contributed by atoms with van der Waals surface area (Å²) in [6.07, 6.45) is 71.9. The van der Waals surface area contributed by atoms with Gasteiger partial charge >= 0.3 is 5.97 Å². The Morgan fingerprint density at radius 1 is 0.465 bits per heavy atom. The maximum atomic E-state index is 13.5. The minimum atomic E-state index is -1.62. The van der Waals surface area contributed by atoms with Crippen LogP contribution in [0.1, 0.15) is 316 Å². The maximum absolute atomic E-state index is 13.5. The highest BCUT2D eigenvalue weighted by Crippen LogP contribution is 2.26. The third-order valence-corrected chi connectivity index (χ3v) is 16.5. The molecule has 1 heterocycles. The molecule has 0 aliphatic carbocycles. The maximum Gasteiger partial charge on any atom is 0.306 e. The number of nitrogens with one attached hydrogen (secondary N) is 1. The van der Waals surface area contributed by atoms with Crippen molar-refractivity contribution in [3.05, 3.63) is 85.1 Å². The average Bonchev–Trinajstić information content (AvgIpc) is 3.68. The van der Waals surface area contributed by atoms with Crippen LogP contribution in [0.5, 0.6) is 0 Å². The Hall–Kier alpha value is -3.16. The summed E-state index contributed by atoms with van der Waals surface area (Å²) in [5.41, 5.74) is 0. The Kier molecular flexibility index (Phi) is 58.3. The molecule has 11 heteroatoms. The number of hydrogen-bond acceptors (Lipinski definition) is 10. The topological polar surface area (TPSA) is 175 Å². The number of carbonyl (C=O) groups is 2. The van der Waals surface area contributed by atoms with E-state index in [1.54, 1.807) is 6.08 Å². The number of esters is 1. The van der Waals surface area contributed by atoms with Gasteiger partial charge in [0, 0.05) is 6.42 Å². The number of allylic oxidation sites excluding steroid dienone is 13. The van der Waals surface area contributed by atoms with Crippen LogP contribution in [0.2, 0.25) is 0 Å². The van der Waals surface area contributed by atoms with Gasteiger partial charge in [0.15, 0.2) is 12.4 Å². The van der Waals surface area contributed by atoms with E-state index >= 15 is 0 Å². The molecular formula is C75H133NO10. The molecule has 1 saturated heterocycles. The zero-order valence-electron chi connectivity index (χ0n) is 55.4. The fourth-order valence-electron chi connectivity index (χ4n) is 10.9. The lowest BCUT2D eigenvalue weighted by Gasteiger charge is -2.41. The molecule has 0 spiro atoms. The lowest BCUT2D eigenvalue weighted by Crippen LogP contribution is -2.61. The van der Waals surface area contributed by atoms with Gasteiger partial charge < -0.3 is 45.1 Å². The summed E-state index contributed by atoms with van der Waals surface area (Å²) in [5, 5.41) is 57.3. The molecule has 1 aliphatic heterocycles. The zero-order valence-corrected chi connectivity index (χ0v) is 55.4. The lowest BCUT2D eigenvalue weighted by molar-refractivity contribution is -0.305. The Balaban J connectivity index is 2.58.